The first-order valence-corrected chi connectivity index (χ1v) is 6.41. The van der Waals surface area contributed by atoms with Crippen LogP contribution in [0.1, 0.15) is 32.1 Å². The molecule has 4 heteroatoms. The van der Waals surface area contributed by atoms with Gasteiger partial charge in [0.15, 0.2) is 0 Å². The second-order valence-corrected chi connectivity index (χ2v) is 4.63. The van der Waals surface area contributed by atoms with Crippen LogP contribution >= 0.6 is 0 Å². The summed E-state index contributed by atoms with van der Waals surface area (Å²) in [5, 5.41) is 2.68. The molecule has 98 valence electrons. The molecule has 3 nitrogen and oxygen atoms in total. The van der Waals surface area contributed by atoms with E-state index in [9.17, 15) is 9.18 Å². The summed E-state index contributed by atoms with van der Waals surface area (Å²) in [7, 11) is 0. The number of halogens is 1. The van der Waals surface area contributed by atoms with Gasteiger partial charge in [0, 0.05) is 5.69 Å². The van der Waals surface area contributed by atoms with Gasteiger partial charge in [-0.3, -0.25) is 4.79 Å². The fourth-order valence-corrected chi connectivity index (χ4v) is 2.16. The maximum Gasteiger partial charge on any atom is 0.250 e. The third-order valence-corrected chi connectivity index (χ3v) is 3.13. The first kappa shape index (κ1) is 13.0. The Balaban J connectivity index is 1.73. The zero-order valence-electron chi connectivity index (χ0n) is 10.3. The number of rotatable bonds is 4. The van der Waals surface area contributed by atoms with E-state index in [-0.39, 0.29) is 24.4 Å². The zero-order valence-corrected chi connectivity index (χ0v) is 10.3. The molecule has 1 aromatic carbocycles. The quantitative estimate of drug-likeness (QED) is 0.893. The highest BCUT2D eigenvalue weighted by molar-refractivity contribution is 5.91. The van der Waals surface area contributed by atoms with E-state index in [1.54, 1.807) is 0 Å². The van der Waals surface area contributed by atoms with E-state index in [2.05, 4.69) is 5.32 Å². The number of hydrogen-bond acceptors (Lipinski definition) is 2. The topological polar surface area (TPSA) is 38.3 Å². The van der Waals surface area contributed by atoms with Gasteiger partial charge >= 0.3 is 0 Å². The molecule has 1 N–H and O–H groups in total. The lowest BCUT2D eigenvalue weighted by atomic mass is 9.98. The van der Waals surface area contributed by atoms with Crippen molar-refractivity contribution in [3.63, 3.8) is 0 Å². The molecule has 0 aliphatic heterocycles. The van der Waals surface area contributed by atoms with Crippen LogP contribution in [0.15, 0.2) is 24.3 Å². The van der Waals surface area contributed by atoms with Crippen molar-refractivity contribution in [2.24, 2.45) is 0 Å². The average Bonchev–Trinajstić information content (AvgIpc) is 2.40. The summed E-state index contributed by atoms with van der Waals surface area (Å²) in [4.78, 5) is 11.6. The van der Waals surface area contributed by atoms with Crippen LogP contribution in [0, 0.1) is 5.82 Å². The van der Waals surface area contributed by atoms with Gasteiger partial charge in [-0.1, -0.05) is 19.3 Å². The van der Waals surface area contributed by atoms with Crippen LogP contribution < -0.4 is 5.32 Å². The Bertz CT molecular complexity index is 385. The van der Waals surface area contributed by atoms with Gasteiger partial charge in [0.2, 0.25) is 5.91 Å². The molecule has 1 fully saturated rings. The van der Waals surface area contributed by atoms with Gasteiger partial charge in [-0.15, -0.1) is 0 Å². The molecule has 18 heavy (non-hydrogen) atoms. The Kier molecular flexibility index (Phi) is 4.70. The summed E-state index contributed by atoms with van der Waals surface area (Å²) in [5.74, 6) is -0.501. The number of benzene rings is 1. The normalized spacial score (nSPS) is 16.5. The summed E-state index contributed by atoms with van der Waals surface area (Å²) >= 11 is 0. The number of anilines is 1. The van der Waals surface area contributed by atoms with Gasteiger partial charge in [0.25, 0.3) is 0 Å². The van der Waals surface area contributed by atoms with Crippen LogP contribution in [0.25, 0.3) is 0 Å². The predicted octanol–water partition coefficient (Wildman–Crippen LogP) is 3.11. The number of hydrogen-bond donors (Lipinski definition) is 1. The van der Waals surface area contributed by atoms with Crippen LogP contribution in [-0.2, 0) is 9.53 Å². The summed E-state index contributed by atoms with van der Waals surface area (Å²) in [6.07, 6.45) is 5.95. The largest absolute Gasteiger partial charge is 0.368 e. The number of nitrogens with one attached hydrogen (secondary N) is 1. The van der Waals surface area contributed by atoms with Gasteiger partial charge < -0.3 is 10.1 Å². The summed E-state index contributed by atoms with van der Waals surface area (Å²) in [5.41, 5.74) is 0.591. The van der Waals surface area contributed by atoms with Gasteiger partial charge in [-0.05, 0) is 37.1 Å². The fraction of sp³-hybridized carbons (Fsp3) is 0.500. The molecule has 0 unspecified atom stereocenters. The summed E-state index contributed by atoms with van der Waals surface area (Å²) < 4.78 is 18.2. The van der Waals surface area contributed by atoms with Crippen LogP contribution in [0.5, 0.6) is 0 Å². The van der Waals surface area contributed by atoms with Gasteiger partial charge in [0.1, 0.15) is 12.4 Å². The molecule has 0 radical (unpaired) electrons. The Labute approximate surface area is 106 Å². The first-order chi connectivity index (χ1) is 8.74. The number of carbonyl (C=O) groups excluding carboxylic acids is 1. The summed E-state index contributed by atoms with van der Waals surface area (Å²) in [6.45, 7) is 0.0715. The van der Waals surface area contributed by atoms with Crippen molar-refractivity contribution >= 4 is 11.6 Å². The van der Waals surface area contributed by atoms with E-state index >= 15 is 0 Å². The fourth-order valence-electron chi connectivity index (χ4n) is 2.16. The van der Waals surface area contributed by atoms with E-state index in [1.165, 1.54) is 43.5 Å². The van der Waals surface area contributed by atoms with E-state index in [1.807, 2.05) is 0 Å². The average molecular weight is 251 g/mol. The number of ether oxygens (including phenoxy) is 1. The smallest absolute Gasteiger partial charge is 0.250 e. The van der Waals surface area contributed by atoms with Crippen LogP contribution in [0.3, 0.4) is 0 Å². The highest BCUT2D eigenvalue weighted by atomic mass is 19.1. The van der Waals surface area contributed by atoms with Crippen molar-refractivity contribution in [2.75, 3.05) is 11.9 Å². The minimum Gasteiger partial charge on any atom is -0.368 e. The molecule has 0 saturated heterocycles. The monoisotopic (exact) mass is 251 g/mol. The molecule has 1 amide bonds. The first-order valence-electron chi connectivity index (χ1n) is 6.41. The second-order valence-electron chi connectivity index (χ2n) is 4.63. The van der Waals surface area contributed by atoms with Crippen molar-refractivity contribution in [3.05, 3.63) is 30.1 Å². The minimum atomic E-state index is -0.313. The molecule has 1 aromatic rings. The van der Waals surface area contributed by atoms with E-state index in [0.29, 0.717) is 5.69 Å². The van der Waals surface area contributed by atoms with Crippen molar-refractivity contribution in [2.45, 2.75) is 38.2 Å². The predicted molar refractivity (Wildman–Crippen MR) is 67.9 cm³/mol. The Morgan fingerprint density at radius 1 is 1.22 bits per heavy atom. The summed E-state index contributed by atoms with van der Waals surface area (Å²) in [6, 6.07) is 5.71. The third kappa shape index (κ3) is 4.11. The minimum absolute atomic E-state index is 0.0715. The SMILES string of the molecule is O=C(COC1CCCCC1)Nc1ccc(F)cc1. The Morgan fingerprint density at radius 3 is 2.56 bits per heavy atom. The molecule has 0 atom stereocenters. The zero-order chi connectivity index (χ0) is 12.8. The van der Waals surface area contributed by atoms with Crippen LogP contribution in [0.2, 0.25) is 0 Å². The molecular weight excluding hydrogens is 233 g/mol. The Morgan fingerprint density at radius 2 is 1.89 bits per heavy atom. The maximum absolute atomic E-state index is 12.7. The van der Waals surface area contributed by atoms with Gasteiger partial charge in [0.05, 0.1) is 6.10 Å². The molecule has 1 saturated carbocycles. The lowest BCUT2D eigenvalue weighted by Gasteiger charge is -2.21. The van der Waals surface area contributed by atoms with Crippen LogP contribution in [-0.4, -0.2) is 18.6 Å². The lowest BCUT2D eigenvalue weighted by molar-refractivity contribution is -0.123. The molecule has 0 aromatic heterocycles. The Hall–Kier alpha value is -1.42. The molecule has 1 aliphatic rings. The molecule has 2 rings (SSSR count). The van der Waals surface area contributed by atoms with Crippen molar-refractivity contribution in [1.29, 1.82) is 0 Å². The number of amides is 1. The maximum atomic E-state index is 12.7. The molecular formula is C14H18FNO2. The number of carbonyl (C=O) groups is 1. The van der Waals surface area contributed by atoms with E-state index in [4.69, 9.17) is 4.74 Å². The van der Waals surface area contributed by atoms with Crippen molar-refractivity contribution in [3.8, 4) is 0 Å². The third-order valence-electron chi connectivity index (χ3n) is 3.13. The second kappa shape index (κ2) is 6.50. The van der Waals surface area contributed by atoms with Crippen molar-refractivity contribution < 1.29 is 13.9 Å². The van der Waals surface area contributed by atoms with Gasteiger partial charge in [-0.25, -0.2) is 4.39 Å². The van der Waals surface area contributed by atoms with Crippen LogP contribution in [0.4, 0.5) is 10.1 Å². The molecule has 0 spiro atoms. The van der Waals surface area contributed by atoms with Crippen molar-refractivity contribution in [1.82, 2.24) is 0 Å². The van der Waals surface area contributed by atoms with E-state index < -0.39 is 0 Å². The van der Waals surface area contributed by atoms with E-state index in [0.717, 1.165) is 12.8 Å². The standard InChI is InChI=1S/C14H18FNO2/c15-11-6-8-12(9-7-11)16-14(17)10-18-13-4-2-1-3-5-13/h6-9,13H,1-5,10H2,(H,16,17). The van der Waals surface area contributed by atoms with Gasteiger partial charge in [-0.2, -0.15) is 0 Å². The highest BCUT2D eigenvalue weighted by Gasteiger charge is 2.15. The molecule has 0 heterocycles. The molecule has 0 bridgehead atoms. The lowest BCUT2D eigenvalue weighted by Crippen LogP contribution is -2.24. The highest BCUT2D eigenvalue weighted by Crippen LogP contribution is 2.20. The molecule has 1 aliphatic carbocycles.